The van der Waals surface area contributed by atoms with Gasteiger partial charge in [-0.3, -0.25) is 9.36 Å². The number of halogens is 3. The quantitative estimate of drug-likeness (QED) is 0.678. The maximum atomic E-state index is 13.4. The molecule has 0 saturated carbocycles. The van der Waals surface area contributed by atoms with E-state index in [-0.39, 0.29) is 23.0 Å². The second kappa shape index (κ2) is 7.98. The number of hydrogen-bond acceptors (Lipinski definition) is 5. The molecule has 0 bridgehead atoms. The molecule has 3 aromatic rings. The molecule has 1 atom stereocenters. The van der Waals surface area contributed by atoms with Gasteiger partial charge in [0.2, 0.25) is 0 Å². The van der Waals surface area contributed by atoms with Crippen molar-refractivity contribution in [3.05, 3.63) is 63.2 Å². The molecule has 30 heavy (non-hydrogen) atoms. The van der Waals surface area contributed by atoms with Gasteiger partial charge >= 0.3 is 6.18 Å². The Labute approximate surface area is 171 Å². The van der Waals surface area contributed by atoms with E-state index in [0.29, 0.717) is 17.3 Å². The van der Waals surface area contributed by atoms with E-state index >= 15 is 0 Å². The van der Waals surface area contributed by atoms with Gasteiger partial charge in [0, 0.05) is 6.04 Å². The molecule has 160 valence electrons. The molecule has 0 aliphatic rings. The van der Waals surface area contributed by atoms with Crippen LogP contribution in [0.1, 0.15) is 35.5 Å². The Kier molecular flexibility index (Phi) is 5.76. The average Bonchev–Trinajstić information content (AvgIpc) is 2.69. The fraction of sp³-hybridized carbons (Fsp3) is 0.333. The molecule has 0 radical (unpaired) electrons. The predicted octanol–water partition coefficient (Wildman–Crippen LogP) is 3.81. The average molecular weight is 421 g/mol. The van der Waals surface area contributed by atoms with Crippen LogP contribution >= 0.6 is 0 Å². The van der Waals surface area contributed by atoms with E-state index in [1.165, 1.54) is 31.8 Å². The molecule has 1 unspecified atom stereocenters. The van der Waals surface area contributed by atoms with Gasteiger partial charge in [0.25, 0.3) is 5.56 Å². The van der Waals surface area contributed by atoms with Crippen LogP contribution in [0.15, 0.2) is 35.1 Å². The Morgan fingerprint density at radius 3 is 2.37 bits per heavy atom. The van der Waals surface area contributed by atoms with Gasteiger partial charge in [-0.25, -0.2) is 4.98 Å². The summed E-state index contributed by atoms with van der Waals surface area (Å²) in [4.78, 5) is 17.4. The molecular formula is C21H22F3N3O3. The van der Waals surface area contributed by atoms with Crippen molar-refractivity contribution in [2.45, 2.75) is 32.6 Å². The number of nitrogens with two attached hydrogens (primary N) is 1. The minimum atomic E-state index is -4.60. The van der Waals surface area contributed by atoms with Gasteiger partial charge in [-0.2, -0.15) is 13.2 Å². The highest BCUT2D eigenvalue weighted by Gasteiger charge is 2.35. The minimum Gasteiger partial charge on any atom is -0.493 e. The van der Waals surface area contributed by atoms with E-state index in [9.17, 15) is 18.0 Å². The van der Waals surface area contributed by atoms with Crippen LogP contribution < -0.4 is 20.8 Å². The number of nitrogens with zero attached hydrogens (tertiary/aromatic N) is 2. The second-order valence-corrected chi connectivity index (χ2v) is 6.98. The Balaban J connectivity index is 2.17. The zero-order chi connectivity index (χ0) is 22.2. The Morgan fingerprint density at radius 1 is 1.13 bits per heavy atom. The summed E-state index contributed by atoms with van der Waals surface area (Å²) in [6.07, 6.45) is -4.60. The lowest BCUT2D eigenvalue weighted by Crippen LogP contribution is -2.25. The van der Waals surface area contributed by atoms with Gasteiger partial charge in [0.15, 0.2) is 11.5 Å². The Morgan fingerprint density at radius 2 is 1.80 bits per heavy atom. The Bertz CT molecular complexity index is 1150. The lowest BCUT2D eigenvalue weighted by molar-refractivity contribution is -0.138. The maximum absolute atomic E-state index is 13.4. The Hall–Kier alpha value is -3.07. The summed E-state index contributed by atoms with van der Waals surface area (Å²) in [6.45, 7) is 3.19. The molecule has 2 N–H and O–H groups in total. The van der Waals surface area contributed by atoms with Crippen molar-refractivity contribution in [3.63, 3.8) is 0 Å². The van der Waals surface area contributed by atoms with Crippen molar-refractivity contribution in [1.82, 2.24) is 9.55 Å². The fourth-order valence-corrected chi connectivity index (χ4v) is 3.37. The summed E-state index contributed by atoms with van der Waals surface area (Å²) in [6, 6.07) is 6.41. The van der Waals surface area contributed by atoms with Gasteiger partial charge in [-0.1, -0.05) is 6.07 Å². The molecule has 0 aliphatic heterocycles. The third-order valence-electron chi connectivity index (χ3n) is 4.90. The topological polar surface area (TPSA) is 79.4 Å². The standard InChI is InChI=1S/C21H22F3N3O3/c1-11(25)14-8-15-17(9-16(14)21(22,23)24)26-12(2)27(20(15)28)10-13-5-6-18(29-3)19(7-13)30-4/h5-9,11H,10,25H2,1-4H3. The summed E-state index contributed by atoms with van der Waals surface area (Å²) < 4.78 is 52.2. The highest BCUT2D eigenvalue weighted by atomic mass is 19.4. The largest absolute Gasteiger partial charge is 0.493 e. The van der Waals surface area contributed by atoms with Crippen LogP contribution in [-0.4, -0.2) is 23.8 Å². The highest BCUT2D eigenvalue weighted by Crippen LogP contribution is 2.36. The number of fused-ring (bicyclic) bond motifs is 1. The van der Waals surface area contributed by atoms with Crippen molar-refractivity contribution < 1.29 is 22.6 Å². The summed E-state index contributed by atoms with van der Waals surface area (Å²) in [5.74, 6) is 1.34. The molecule has 1 aromatic heterocycles. The molecule has 0 fully saturated rings. The van der Waals surface area contributed by atoms with Crippen molar-refractivity contribution in [2.75, 3.05) is 14.2 Å². The number of hydrogen-bond donors (Lipinski definition) is 1. The van der Waals surface area contributed by atoms with Crippen molar-refractivity contribution in [2.24, 2.45) is 5.73 Å². The summed E-state index contributed by atoms with van der Waals surface area (Å²) in [7, 11) is 3.02. The lowest BCUT2D eigenvalue weighted by Gasteiger charge is -2.18. The maximum Gasteiger partial charge on any atom is 0.416 e. The number of rotatable bonds is 5. The van der Waals surface area contributed by atoms with Crippen LogP contribution in [-0.2, 0) is 12.7 Å². The zero-order valence-electron chi connectivity index (χ0n) is 17.0. The van der Waals surface area contributed by atoms with Gasteiger partial charge in [0.1, 0.15) is 5.82 Å². The first-order valence-corrected chi connectivity index (χ1v) is 9.15. The van der Waals surface area contributed by atoms with E-state index in [2.05, 4.69) is 4.98 Å². The fourth-order valence-electron chi connectivity index (χ4n) is 3.37. The van der Waals surface area contributed by atoms with E-state index in [0.717, 1.165) is 11.6 Å². The molecule has 2 aromatic carbocycles. The lowest BCUT2D eigenvalue weighted by atomic mass is 9.99. The van der Waals surface area contributed by atoms with Gasteiger partial charge < -0.3 is 15.2 Å². The molecule has 0 amide bonds. The normalized spacial score (nSPS) is 12.8. The minimum absolute atomic E-state index is 0.0159. The molecule has 3 rings (SSSR count). The van der Waals surface area contributed by atoms with E-state index in [1.807, 2.05) is 0 Å². The number of methoxy groups -OCH3 is 2. The molecule has 0 saturated heterocycles. The smallest absolute Gasteiger partial charge is 0.416 e. The van der Waals surface area contributed by atoms with E-state index < -0.39 is 23.3 Å². The van der Waals surface area contributed by atoms with Crippen LogP contribution in [0.4, 0.5) is 13.2 Å². The number of aryl methyl sites for hydroxylation is 1. The SMILES string of the molecule is COc1ccc(Cn2c(C)nc3cc(C(F)(F)F)c(C(C)N)cc3c2=O)cc1OC. The number of ether oxygens (including phenoxy) is 2. The van der Waals surface area contributed by atoms with Crippen LogP contribution in [0.25, 0.3) is 10.9 Å². The first-order chi connectivity index (χ1) is 14.1. The van der Waals surface area contributed by atoms with Crippen LogP contribution in [0.5, 0.6) is 11.5 Å². The molecule has 9 heteroatoms. The van der Waals surface area contributed by atoms with Crippen molar-refractivity contribution >= 4 is 10.9 Å². The first-order valence-electron chi connectivity index (χ1n) is 9.15. The first kappa shape index (κ1) is 21.6. The second-order valence-electron chi connectivity index (χ2n) is 6.98. The van der Waals surface area contributed by atoms with Crippen LogP contribution in [0.3, 0.4) is 0 Å². The predicted molar refractivity (Wildman–Crippen MR) is 107 cm³/mol. The monoisotopic (exact) mass is 421 g/mol. The third-order valence-corrected chi connectivity index (χ3v) is 4.90. The molecular weight excluding hydrogens is 399 g/mol. The zero-order valence-corrected chi connectivity index (χ0v) is 17.0. The summed E-state index contributed by atoms with van der Waals surface area (Å²) in [5.41, 5.74) is 5.02. The van der Waals surface area contributed by atoms with Crippen LogP contribution in [0, 0.1) is 6.92 Å². The number of aromatic nitrogens is 2. The molecule has 0 aliphatic carbocycles. The van der Waals surface area contributed by atoms with Gasteiger partial charge in [-0.05, 0) is 49.2 Å². The van der Waals surface area contributed by atoms with Crippen molar-refractivity contribution in [1.29, 1.82) is 0 Å². The van der Waals surface area contributed by atoms with E-state index in [4.69, 9.17) is 15.2 Å². The van der Waals surface area contributed by atoms with Crippen LogP contribution in [0.2, 0.25) is 0 Å². The third kappa shape index (κ3) is 3.97. The van der Waals surface area contributed by atoms with Crippen molar-refractivity contribution in [3.8, 4) is 11.5 Å². The summed E-state index contributed by atoms with van der Waals surface area (Å²) in [5, 5.41) is 0.0846. The van der Waals surface area contributed by atoms with Gasteiger partial charge in [-0.15, -0.1) is 0 Å². The summed E-state index contributed by atoms with van der Waals surface area (Å²) >= 11 is 0. The molecule has 0 spiro atoms. The number of alkyl halides is 3. The van der Waals surface area contributed by atoms with E-state index in [1.54, 1.807) is 25.1 Å². The highest BCUT2D eigenvalue weighted by molar-refractivity contribution is 5.80. The number of benzene rings is 2. The molecule has 6 nitrogen and oxygen atoms in total. The van der Waals surface area contributed by atoms with Gasteiger partial charge in [0.05, 0.1) is 37.2 Å². The molecule has 1 heterocycles.